The van der Waals surface area contributed by atoms with Crippen LogP contribution in [-0.4, -0.2) is 22.7 Å². The smallest absolute Gasteiger partial charge is 0.0519 e. The molecule has 3 nitrogen and oxygen atoms in total. The molecule has 3 heteroatoms. The molecule has 78 valence electrons. The highest BCUT2D eigenvalue weighted by atomic mass is 16.3. The van der Waals surface area contributed by atoms with Gasteiger partial charge in [0.05, 0.1) is 5.69 Å². The molecule has 1 heterocycles. The van der Waals surface area contributed by atoms with Gasteiger partial charge in [-0.05, 0) is 37.7 Å². The lowest BCUT2D eigenvalue weighted by atomic mass is 9.86. The van der Waals surface area contributed by atoms with Crippen molar-refractivity contribution in [3.8, 4) is 0 Å². The zero-order chi connectivity index (χ0) is 9.80. The third-order valence-electron chi connectivity index (χ3n) is 3.07. The Morgan fingerprint density at radius 1 is 1.36 bits per heavy atom. The molecule has 1 saturated carbocycles. The van der Waals surface area contributed by atoms with Gasteiger partial charge in [-0.3, -0.25) is 0 Å². The van der Waals surface area contributed by atoms with Gasteiger partial charge in [0.1, 0.15) is 0 Å². The summed E-state index contributed by atoms with van der Waals surface area (Å²) >= 11 is 0. The van der Waals surface area contributed by atoms with Crippen LogP contribution in [0.4, 0.5) is 5.69 Å². The monoisotopic (exact) mass is 194 g/mol. The first-order valence-electron chi connectivity index (χ1n) is 5.38. The fourth-order valence-corrected chi connectivity index (χ4v) is 2.14. The van der Waals surface area contributed by atoms with Gasteiger partial charge in [-0.25, -0.2) is 0 Å². The van der Waals surface area contributed by atoms with E-state index in [0.717, 1.165) is 12.8 Å². The Bertz CT molecular complexity index is 250. The van der Waals surface area contributed by atoms with Gasteiger partial charge in [0.2, 0.25) is 0 Å². The van der Waals surface area contributed by atoms with Crippen LogP contribution >= 0.6 is 0 Å². The average molecular weight is 194 g/mol. The minimum Gasteiger partial charge on any atom is -0.396 e. The van der Waals surface area contributed by atoms with E-state index in [0.29, 0.717) is 18.6 Å². The number of nitrogens with one attached hydrogen (secondary N) is 2. The first kappa shape index (κ1) is 9.59. The molecule has 14 heavy (non-hydrogen) atoms. The van der Waals surface area contributed by atoms with Crippen LogP contribution in [0.15, 0.2) is 18.5 Å². The Kier molecular flexibility index (Phi) is 3.09. The lowest BCUT2D eigenvalue weighted by molar-refractivity contribution is 0.186. The van der Waals surface area contributed by atoms with Crippen molar-refractivity contribution < 1.29 is 5.11 Å². The second-order valence-electron chi connectivity index (χ2n) is 4.14. The molecule has 1 aromatic rings. The molecule has 2 rings (SSSR count). The Hall–Kier alpha value is -0.960. The normalized spacial score (nSPS) is 27.5. The van der Waals surface area contributed by atoms with Gasteiger partial charge < -0.3 is 15.4 Å². The number of rotatable bonds is 3. The second kappa shape index (κ2) is 4.51. The number of hydrogen-bond donors (Lipinski definition) is 3. The van der Waals surface area contributed by atoms with E-state index in [9.17, 15) is 0 Å². The summed E-state index contributed by atoms with van der Waals surface area (Å²) in [5, 5.41) is 12.5. The standard InChI is InChI=1S/C11H18N2O/c14-8-9-1-3-10(4-2-9)13-11-5-6-12-7-11/h5-7,9-10,12-14H,1-4,8H2/t9-,10-. The molecule has 0 spiro atoms. The third-order valence-corrected chi connectivity index (χ3v) is 3.07. The predicted octanol–water partition coefficient (Wildman–Crippen LogP) is 1.98. The molecule has 1 fully saturated rings. The predicted molar refractivity (Wildman–Crippen MR) is 57.2 cm³/mol. The maximum absolute atomic E-state index is 9.01. The van der Waals surface area contributed by atoms with Crippen LogP contribution in [0.2, 0.25) is 0 Å². The summed E-state index contributed by atoms with van der Waals surface area (Å²) in [5.41, 5.74) is 1.18. The highest BCUT2D eigenvalue weighted by molar-refractivity contribution is 5.41. The van der Waals surface area contributed by atoms with E-state index in [1.165, 1.54) is 18.5 Å². The zero-order valence-corrected chi connectivity index (χ0v) is 8.37. The number of aliphatic hydroxyl groups excluding tert-OH is 1. The van der Waals surface area contributed by atoms with Crippen LogP contribution in [0.3, 0.4) is 0 Å². The number of aliphatic hydroxyl groups is 1. The maximum Gasteiger partial charge on any atom is 0.0519 e. The summed E-state index contributed by atoms with van der Waals surface area (Å²) in [6.45, 7) is 0.358. The molecule has 1 aliphatic carbocycles. The summed E-state index contributed by atoms with van der Waals surface area (Å²) in [5.74, 6) is 0.541. The molecule has 1 aliphatic rings. The van der Waals surface area contributed by atoms with Crippen molar-refractivity contribution in [2.45, 2.75) is 31.7 Å². The van der Waals surface area contributed by atoms with E-state index in [-0.39, 0.29) is 0 Å². The van der Waals surface area contributed by atoms with Crippen molar-refractivity contribution in [3.63, 3.8) is 0 Å². The molecule has 0 atom stereocenters. The molecule has 1 aromatic heterocycles. The molecule has 0 aliphatic heterocycles. The van der Waals surface area contributed by atoms with Crippen LogP contribution in [0, 0.1) is 5.92 Å². The van der Waals surface area contributed by atoms with Crippen LogP contribution in [0.5, 0.6) is 0 Å². The minimum absolute atomic E-state index is 0.358. The highest BCUT2D eigenvalue weighted by Gasteiger charge is 2.20. The van der Waals surface area contributed by atoms with E-state index in [1.54, 1.807) is 0 Å². The Labute approximate surface area is 84.5 Å². The minimum atomic E-state index is 0.358. The Morgan fingerprint density at radius 3 is 2.71 bits per heavy atom. The van der Waals surface area contributed by atoms with Crippen molar-refractivity contribution >= 4 is 5.69 Å². The van der Waals surface area contributed by atoms with Crippen molar-refractivity contribution in [2.75, 3.05) is 11.9 Å². The van der Waals surface area contributed by atoms with E-state index in [1.807, 2.05) is 12.4 Å². The summed E-state index contributed by atoms with van der Waals surface area (Å²) in [4.78, 5) is 3.04. The first-order chi connectivity index (χ1) is 6.88. The number of H-pyrrole nitrogens is 1. The summed E-state index contributed by atoms with van der Waals surface area (Å²) in [6.07, 6.45) is 8.57. The van der Waals surface area contributed by atoms with Gasteiger partial charge in [0, 0.05) is 25.0 Å². The van der Waals surface area contributed by atoms with E-state index < -0.39 is 0 Å². The van der Waals surface area contributed by atoms with E-state index in [2.05, 4.69) is 16.4 Å². The maximum atomic E-state index is 9.01. The van der Waals surface area contributed by atoms with Crippen molar-refractivity contribution in [3.05, 3.63) is 18.5 Å². The molecule has 0 aromatic carbocycles. The summed E-state index contributed by atoms with van der Waals surface area (Å²) < 4.78 is 0. The lowest BCUT2D eigenvalue weighted by Gasteiger charge is -2.28. The number of hydrogen-bond acceptors (Lipinski definition) is 2. The second-order valence-corrected chi connectivity index (χ2v) is 4.14. The van der Waals surface area contributed by atoms with Crippen LogP contribution in [-0.2, 0) is 0 Å². The number of aromatic nitrogens is 1. The SMILES string of the molecule is OC[C@H]1CC[C@H](Nc2cc[nH]c2)CC1. The number of anilines is 1. The van der Waals surface area contributed by atoms with E-state index in [4.69, 9.17) is 5.11 Å². The van der Waals surface area contributed by atoms with Crippen molar-refractivity contribution in [1.29, 1.82) is 0 Å². The molecule has 3 N–H and O–H groups in total. The van der Waals surface area contributed by atoms with Gasteiger partial charge in [-0.1, -0.05) is 0 Å². The summed E-state index contributed by atoms with van der Waals surface area (Å²) in [7, 11) is 0. The quantitative estimate of drug-likeness (QED) is 0.689. The lowest BCUT2D eigenvalue weighted by Crippen LogP contribution is -2.27. The van der Waals surface area contributed by atoms with Gasteiger partial charge in [-0.15, -0.1) is 0 Å². The van der Waals surface area contributed by atoms with Crippen molar-refractivity contribution in [2.24, 2.45) is 5.92 Å². The third kappa shape index (κ3) is 2.29. The van der Waals surface area contributed by atoms with Crippen LogP contribution in [0.1, 0.15) is 25.7 Å². The largest absolute Gasteiger partial charge is 0.396 e. The van der Waals surface area contributed by atoms with Gasteiger partial charge in [0.15, 0.2) is 0 Å². The molecular formula is C11H18N2O. The van der Waals surface area contributed by atoms with E-state index >= 15 is 0 Å². The topological polar surface area (TPSA) is 48.0 Å². The van der Waals surface area contributed by atoms with Gasteiger partial charge in [-0.2, -0.15) is 0 Å². The highest BCUT2D eigenvalue weighted by Crippen LogP contribution is 2.25. The molecular weight excluding hydrogens is 176 g/mol. The van der Waals surface area contributed by atoms with Gasteiger partial charge >= 0.3 is 0 Å². The fourth-order valence-electron chi connectivity index (χ4n) is 2.14. The Morgan fingerprint density at radius 2 is 2.14 bits per heavy atom. The molecule has 0 radical (unpaired) electrons. The molecule has 0 bridgehead atoms. The van der Waals surface area contributed by atoms with Crippen LogP contribution in [0.25, 0.3) is 0 Å². The zero-order valence-electron chi connectivity index (χ0n) is 8.37. The first-order valence-corrected chi connectivity index (χ1v) is 5.38. The Balaban J connectivity index is 1.79. The average Bonchev–Trinajstić information content (AvgIpc) is 2.72. The van der Waals surface area contributed by atoms with Crippen molar-refractivity contribution in [1.82, 2.24) is 4.98 Å². The van der Waals surface area contributed by atoms with Crippen LogP contribution < -0.4 is 5.32 Å². The number of aromatic amines is 1. The molecule has 0 saturated heterocycles. The summed E-state index contributed by atoms with van der Waals surface area (Å²) in [6, 6.07) is 2.64. The molecule has 0 unspecified atom stereocenters. The fraction of sp³-hybridized carbons (Fsp3) is 0.636. The van der Waals surface area contributed by atoms with Gasteiger partial charge in [0.25, 0.3) is 0 Å². The molecule has 0 amide bonds.